The summed E-state index contributed by atoms with van der Waals surface area (Å²) in [6.07, 6.45) is -2.71. The lowest BCUT2D eigenvalue weighted by molar-refractivity contribution is -0.165. The summed E-state index contributed by atoms with van der Waals surface area (Å²) in [5.74, 6) is -3.52. The van der Waals surface area contributed by atoms with E-state index < -0.39 is 66.8 Å². The van der Waals surface area contributed by atoms with Crippen LogP contribution in [0.3, 0.4) is 0 Å². The molecule has 0 aromatic carbocycles. The first-order valence-corrected chi connectivity index (χ1v) is 8.74. The molecule has 3 aliphatic rings. The summed E-state index contributed by atoms with van der Waals surface area (Å²) in [5, 5.41) is 40.1. The minimum atomic E-state index is -1.88. The van der Waals surface area contributed by atoms with Crippen LogP contribution in [0.1, 0.15) is 12.8 Å². The van der Waals surface area contributed by atoms with E-state index in [1.54, 1.807) is 0 Å². The maximum absolute atomic E-state index is 12.2. The molecule has 7 atom stereocenters. The Morgan fingerprint density at radius 1 is 1.33 bits per heavy atom. The molecule has 1 saturated heterocycles. The maximum Gasteiger partial charge on any atom is 0.336 e. The topological polar surface area (TPSA) is 134 Å². The van der Waals surface area contributed by atoms with Gasteiger partial charge in [0.25, 0.3) is 0 Å². The SMILES string of the molecule is C=C(CO)C(=O)O[C@H]1CC(=C)[C@@H]2C[C@H](O)[C@](O)(CO)C2[C@H]2OC(=O)C(=C)[C@H]12. The van der Waals surface area contributed by atoms with E-state index in [0.717, 1.165) is 0 Å². The van der Waals surface area contributed by atoms with Crippen molar-refractivity contribution in [2.45, 2.75) is 36.8 Å². The highest BCUT2D eigenvalue weighted by molar-refractivity contribution is 5.92. The van der Waals surface area contributed by atoms with Gasteiger partial charge in [-0.3, -0.25) is 0 Å². The summed E-state index contributed by atoms with van der Waals surface area (Å²) >= 11 is 0. The monoisotopic (exact) mass is 380 g/mol. The van der Waals surface area contributed by atoms with E-state index >= 15 is 0 Å². The first-order chi connectivity index (χ1) is 12.7. The number of esters is 2. The molecule has 2 saturated carbocycles. The zero-order chi connectivity index (χ0) is 20.1. The number of hydrogen-bond acceptors (Lipinski definition) is 8. The molecule has 0 spiro atoms. The predicted molar refractivity (Wildman–Crippen MR) is 92.0 cm³/mol. The van der Waals surface area contributed by atoms with Crippen molar-refractivity contribution < 1.29 is 39.5 Å². The minimum Gasteiger partial charge on any atom is -0.458 e. The summed E-state index contributed by atoms with van der Waals surface area (Å²) in [4.78, 5) is 24.3. The smallest absolute Gasteiger partial charge is 0.336 e. The number of fused-ring (bicyclic) bond motifs is 3. The zero-order valence-electron chi connectivity index (χ0n) is 14.8. The van der Waals surface area contributed by atoms with Crippen LogP contribution >= 0.6 is 0 Å². The van der Waals surface area contributed by atoms with Crippen molar-refractivity contribution >= 4 is 11.9 Å². The Morgan fingerprint density at radius 2 is 2.00 bits per heavy atom. The Hall–Kier alpha value is -2.00. The largest absolute Gasteiger partial charge is 0.458 e. The molecular formula is C19H24O8. The Kier molecular flexibility index (Phi) is 5.02. The van der Waals surface area contributed by atoms with E-state index in [2.05, 4.69) is 19.7 Å². The molecular weight excluding hydrogens is 356 g/mol. The number of aliphatic hydroxyl groups is 4. The van der Waals surface area contributed by atoms with Crippen molar-refractivity contribution in [2.24, 2.45) is 17.8 Å². The van der Waals surface area contributed by atoms with Gasteiger partial charge < -0.3 is 29.9 Å². The summed E-state index contributed by atoms with van der Waals surface area (Å²) < 4.78 is 10.9. The zero-order valence-corrected chi connectivity index (χ0v) is 14.8. The molecule has 27 heavy (non-hydrogen) atoms. The van der Waals surface area contributed by atoms with Gasteiger partial charge in [-0.2, -0.15) is 0 Å². The molecule has 0 amide bonds. The number of rotatable bonds is 4. The second kappa shape index (κ2) is 6.87. The Morgan fingerprint density at radius 3 is 2.59 bits per heavy atom. The highest BCUT2D eigenvalue weighted by atomic mass is 16.6. The first kappa shape index (κ1) is 19.8. The Balaban J connectivity index is 2.01. The fourth-order valence-electron chi connectivity index (χ4n) is 4.58. The number of carbonyl (C=O) groups is 2. The van der Waals surface area contributed by atoms with Crippen LogP contribution in [0.5, 0.6) is 0 Å². The van der Waals surface area contributed by atoms with Gasteiger partial charge in [-0.15, -0.1) is 0 Å². The van der Waals surface area contributed by atoms with Crippen molar-refractivity contribution in [3.8, 4) is 0 Å². The molecule has 8 nitrogen and oxygen atoms in total. The van der Waals surface area contributed by atoms with E-state index in [-0.39, 0.29) is 24.0 Å². The molecule has 1 heterocycles. The number of carbonyl (C=O) groups excluding carboxylic acids is 2. The molecule has 4 N–H and O–H groups in total. The van der Waals surface area contributed by atoms with E-state index in [1.807, 2.05) is 0 Å². The van der Waals surface area contributed by atoms with Crippen molar-refractivity contribution in [2.75, 3.05) is 13.2 Å². The van der Waals surface area contributed by atoms with Crippen LogP contribution in [0.15, 0.2) is 36.5 Å². The molecule has 0 radical (unpaired) electrons. The third-order valence-electron chi connectivity index (χ3n) is 6.06. The third-order valence-corrected chi connectivity index (χ3v) is 6.06. The van der Waals surface area contributed by atoms with Crippen LogP contribution in [-0.4, -0.2) is 69.5 Å². The lowest BCUT2D eigenvalue weighted by atomic mass is 9.76. The molecule has 2 aliphatic carbocycles. The van der Waals surface area contributed by atoms with Gasteiger partial charge in [0.15, 0.2) is 0 Å². The van der Waals surface area contributed by atoms with Crippen molar-refractivity contribution in [1.82, 2.24) is 0 Å². The summed E-state index contributed by atoms with van der Waals surface area (Å²) in [6.45, 7) is 9.89. The van der Waals surface area contributed by atoms with Gasteiger partial charge in [0, 0.05) is 17.9 Å². The normalized spacial score (nSPS) is 40.8. The van der Waals surface area contributed by atoms with Crippen LogP contribution < -0.4 is 0 Å². The maximum atomic E-state index is 12.2. The van der Waals surface area contributed by atoms with Gasteiger partial charge in [0.1, 0.15) is 17.8 Å². The van der Waals surface area contributed by atoms with Gasteiger partial charge >= 0.3 is 11.9 Å². The van der Waals surface area contributed by atoms with E-state index in [4.69, 9.17) is 14.6 Å². The standard InChI is InChI=1S/C19H24O8/c1-8-4-12(26-17(23)9(2)6-20)14-10(3)18(24)27-16(14)15-11(8)5-13(22)19(15,25)7-21/h11-16,20-22,25H,1-7H2/t11-,12-,13-,14+,15?,16-,19+/m0/s1. The van der Waals surface area contributed by atoms with Gasteiger partial charge in [0.05, 0.1) is 30.8 Å². The second-order valence-electron chi connectivity index (χ2n) is 7.52. The van der Waals surface area contributed by atoms with Crippen molar-refractivity contribution in [3.05, 3.63) is 36.5 Å². The average molecular weight is 380 g/mol. The van der Waals surface area contributed by atoms with Gasteiger partial charge in [0.2, 0.25) is 0 Å². The van der Waals surface area contributed by atoms with Crippen molar-refractivity contribution in [3.63, 3.8) is 0 Å². The molecule has 0 bridgehead atoms. The summed E-state index contributed by atoms with van der Waals surface area (Å²) in [7, 11) is 0. The molecule has 148 valence electrons. The van der Waals surface area contributed by atoms with Crippen LogP contribution in [-0.2, 0) is 19.1 Å². The van der Waals surface area contributed by atoms with Crippen LogP contribution in [0.2, 0.25) is 0 Å². The van der Waals surface area contributed by atoms with Gasteiger partial charge in [-0.1, -0.05) is 25.3 Å². The minimum absolute atomic E-state index is 0.0857. The highest BCUT2D eigenvalue weighted by Gasteiger charge is 2.64. The fourth-order valence-corrected chi connectivity index (χ4v) is 4.58. The van der Waals surface area contributed by atoms with E-state index in [0.29, 0.717) is 5.57 Å². The average Bonchev–Trinajstić information content (AvgIpc) is 3.03. The summed E-state index contributed by atoms with van der Waals surface area (Å²) in [5.41, 5.74) is -1.33. The molecule has 3 rings (SSSR count). The van der Waals surface area contributed by atoms with Gasteiger partial charge in [-0.25, -0.2) is 9.59 Å². The summed E-state index contributed by atoms with van der Waals surface area (Å²) in [6, 6.07) is 0. The van der Waals surface area contributed by atoms with Crippen molar-refractivity contribution in [1.29, 1.82) is 0 Å². The number of hydrogen-bond donors (Lipinski definition) is 4. The number of aliphatic hydroxyl groups excluding tert-OH is 3. The molecule has 8 heteroatoms. The molecule has 3 fully saturated rings. The van der Waals surface area contributed by atoms with Crippen LogP contribution in [0, 0.1) is 17.8 Å². The van der Waals surface area contributed by atoms with Crippen LogP contribution in [0.25, 0.3) is 0 Å². The molecule has 0 aromatic heterocycles. The van der Waals surface area contributed by atoms with E-state index in [9.17, 15) is 24.9 Å². The second-order valence-corrected chi connectivity index (χ2v) is 7.52. The highest BCUT2D eigenvalue weighted by Crippen LogP contribution is 2.54. The molecule has 0 aromatic rings. The molecule has 1 unspecified atom stereocenters. The lowest BCUT2D eigenvalue weighted by Gasteiger charge is -2.37. The van der Waals surface area contributed by atoms with E-state index in [1.165, 1.54) is 0 Å². The molecule has 1 aliphatic heterocycles. The Bertz CT molecular complexity index is 712. The Labute approximate surface area is 156 Å². The predicted octanol–water partition coefficient (Wildman–Crippen LogP) is -0.775. The first-order valence-electron chi connectivity index (χ1n) is 8.74. The van der Waals surface area contributed by atoms with Crippen LogP contribution in [0.4, 0.5) is 0 Å². The lowest BCUT2D eigenvalue weighted by Crippen LogP contribution is -2.53. The van der Waals surface area contributed by atoms with Gasteiger partial charge in [-0.05, 0) is 12.3 Å². The number of ether oxygens (including phenoxy) is 2. The quantitative estimate of drug-likeness (QED) is 0.284. The third kappa shape index (κ3) is 2.93. The fraction of sp³-hybridized carbons (Fsp3) is 0.579.